The molecule has 0 amide bonds. The van der Waals surface area contributed by atoms with Gasteiger partial charge in [-0.15, -0.1) is 0 Å². The molecule has 8 N–H and O–H groups in total. The van der Waals surface area contributed by atoms with E-state index in [4.69, 9.17) is 20.4 Å². The third-order valence-electron chi connectivity index (χ3n) is 10.3. The average molecular weight is 787 g/mol. The van der Waals surface area contributed by atoms with Crippen LogP contribution in [0.3, 0.4) is 0 Å². The van der Waals surface area contributed by atoms with Gasteiger partial charge in [-0.25, -0.2) is 0 Å². The van der Waals surface area contributed by atoms with Crippen LogP contribution in [0.1, 0.15) is 200 Å². The lowest BCUT2D eigenvalue weighted by molar-refractivity contribution is -0.146. The molecule has 0 heterocycles. The first-order valence-electron chi connectivity index (χ1n) is 22.2. The van der Waals surface area contributed by atoms with Gasteiger partial charge in [-0.05, 0) is 89.4 Å². The summed E-state index contributed by atoms with van der Waals surface area (Å²) in [6.07, 6.45) is 37.4. The van der Waals surface area contributed by atoms with Crippen molar-refractivity contribution in [1.29, 1.82) is 0 Å². The van der Waals surface area contributed by atoms with Gasteiger partial charge in [0, 0.05) is 6.42 Å². The molecule has 0 rings (SSSR count). The average Bonchev–Trinajstić information content (AvgIpc) is 3.17. The molecule has 0 aliphatic carbocycles. The van der Waals surface area contributed by atoms with E-state index in [-0.39, 0.29) is 25.4 Å². The standard InChI is InChI=1S/C27H52O8.C18H34O2/c28-19-23(31)16-14-12-10-8-6-4-2-1-3-5-7-9-11-13-15-22(17-24(32)20-29)26(27(34)35)18-25(33)21-30;1-2-3-4-5-6-7-8-9-10-11-12-13-14-15-16-17-18(19)20/h3,5,22-26,28-33H,1-2,4,6-21H2,(H,34,35);9-10H,2-8,11-17H2,1H3,(H,19,20). The highest BCUT2D eigenvalue weighted by Gasteiger charge is 2.31. The third-order valence-corrected chi connectivity index (χ3v) is 10.3. The second-order valence-electron chi connectivity index (χ2n) is 15.6. The SMILES string of the molecule is CCCCCCCCC=CCCCCCCCC(=O)O.O=C(O)C(CC(O)CO)C(CCCCCC=CCCCCCCCCCC(O)CO)CC(O)CO. The first kappa shape index (κ1) is 55.3. The van der Waals surface area contributed by atoms with Crippen molar-refractivity contribution in [2.24, 2.45) is 11.8 Å². The molecule has 5 unspecified atom stereocenters. The van der Waals surface area contributed by atoms with Crippen molar-refractivity contribution in [2.75, 3.05) is 19.8 Å². The van der Waals surface area contributed by atoms with Gasteiger partial charge >= 0.3 is 11.9 Å². The van der Waals surface area contributed by atoms with Crippen LogP contribution in [0.2, 0.25) is 0 Å². The van der Waals surface area contributed by atoms with Crippen LogP contribution in [0.5, 0.6) is 0 Å². The van der Waals surface area contributed by atoms with Crippen molar-refractivity contribution in [1.82, 2.24) is 0 Å². The van der Waals surface area contributed by atoms with Crippen LogP contribution < -0.4 is 0 Å². The van der Waals surface area contributed by atoms with E-state index in [2.05, 4.69) is 31.2 Å². The number of hydrogen-bond acceptors (Lipinski definition) is 8. The summed E-state index contributed by atoms with van der Waals surface area (Å²) in [6.45, 7) is 1.19. The number of aliphatic hydroxyl groups excluding tert-OH is 6. The van der Waals surface area contributed by atoms with E-state index >= 15 is 0 Å². The van der Waals surface area contributed by atoms with Gasteiger partial charge < -0.3 is 40.9 Å². The van der Waals surface area contributed by atoms with Gasteiger partial charge in [-0.2, -0.15) is 0 Å². The van der Waals surface area contributed by atoms with Gasteiger partial charge in [0.2, 0.25) is 0 Å². The summed E-state index contributed by atoms with van der Waals surface area (Å²) in [5.74, 6) is -2.94. The largest absolute Gasteiger partial charge is 0.481 e. The summed E-state index contributed by atoms with van der Waals surface area (Å²) < 4.78 is 0. The smallest absolute Gasteiger partial charge is 0.306 e. The number of aliphatic hydroxyl groups is 6. The maximum Gasteiger partial charge on any atom is 0.306 e. The molecule has 5 atom stereocenters. The molecular formula is C45H86O10. The molecule has 0 saturated heterocycles. The highest BCUT2D eigenvalue weighted by Crippen LogP contribution is 2.29. The van der Waals surface area contributed by atoms with Crippen molar-refractivity contribution >= 4 is 11.9 Å². The summed E-state index contributed by atoms with van der Waals surface area (Å²) in [6, 6.07) is 0. The Morgan fingerprint density at radius 2 is 0.818 bits per heavy atom. The van der Waals surface area contributed by atoms with Crippen molar-refractivity contribution in [3.05, 3.63) is 24.3 Å². The Bertz CT molecular complexity index is 880. The fraction of sp³-hybridized carbons (Fsp3) is 0.867. The molecule has 0 aliphatic heterocycles. The maximum atomic E-state index is 11.7. The number of unbranched alkanes of at least 4 members (excludes halogenated alkanes) is 21. The quantitative estimate of drug-likeness (QED) is 0.0219. The number of carboxylic acid groups (broad SMARTS) is 2. The molecule has 0 spiro atoms. The highest BCUT2D eigenvalue weighted by atomic mass is 16.4. The zero-order valence-corrected chi connectivity index (χ0v) is 34.9. The van der Waals surface area contributed by atoms with Crippen molar-refractivity contribution in [2.45, 2.75) is 218 Å². The fourth-order valence-electron chi connectivity index (χ4n) is 6.82. The molecule has 326 valence electrons. The zero-order valence-electron chi connectivity index (χ0n) is 34.9. The van der Waals surface area contributed by atoms with E-state index in [1.54, 1.807) is 0 Å². The van der Waals surface area contributed by atoms with Crippen LogP contribution >= 0.6 is 0 Å². The molecule has 0 aromatic rings. The lowest BCUT2D eigenvalue weighted by atomic mass is 9.80. The highest BCUT2D eigenvalue weighted by molar-refractivity contribution is 5.70. The molecule has 10 heteroatoms. The number of carbonyl (C=O) groups is 2. The van der Waals surface area contributed by atoms with E-state index in [1.807, 2.05) is 0 Å². The van der Waals surface area contributed by atoms with Crippen LogP contribution in [0, 0.1) is 11.8 Å². The Kier molecular flexibility index (Phi) is 43.5. The van der Waals surface area contributed by atoms with Crippen LogP contribution in [0.15, 0.2) is 24.3 Å². The van der Waals surface area contributed by atoms with Gasteiger partial charge in [0.05, 0.1) is 44.1 Å². The Morgan fingerprint density at radius 3 is 1.24 bits per heavy atom. The minimum atomic E-state index is -1.10. The third kappa shape index (κ3) is 41.6. The molecule has 0 fully saturated rings. The molecule has 55 heavy (non-hydrogen) atoms. The van der Waals surface area contributed by atoms with Gasteiger partial charge in [0.25, 0.3) is 0 Å². The van der Waals surface area contributed by atoms with Crippen molar-refractivity contribution < 1.29 is 50.4 Å². The molecule has 0 aliphatic rings. The molecule has 10 nitrogen and oxygen atoms in total. The van der Waals surface area contributed by atoms with Gasteiger partial charge in [-0.1, -0.05) is 134 Å². The summed E-state index contributed by atoms with van der Waals surface area (Å²) >= 11 is 0. The minimum absolute atomic E-state index is 0.0633. The Hall–Kier alpha value is -1.82. The van der Waals surface area contributed by atoms with E-state index < -0.39 is 49.4 Å². The molecule has 0 aromatic carbocycles. The van der Waals surface area contributed by atoms with E-state index in [1.165, 1.54) is 103 Å². The molecule has 0 radical (unpaired) electrons. The van der Waals surface area contributed by atoms with E-state index in [0.29, 0.717) is 19.3 Å². The Labute approximate surface area is 335 Å². The van der Waals surface area contributed by atoms with Crippen molar-refractivity contribution in [3.63, 3.8) is 0 Å². The second kappa shape index (κ2) is 43.3. The summed E-state index contributed by atoms with van der Waals surface area (Å²) in [5.41, 5.74) is 0. The normalized spacial score (nSPS) is 14.5. The Balaban J connectivity index is 0. The van der Waals surface area contributed by atoms with Crippen LogP contribution in [-0.2, 0) is 9.59 Å². The van der Waals surface area contributed by atoms with Crippen LogP contribution in [-0.4, -0.2) is 90.9 Å². The molecular weight excluding hydrogens is 700 g/mol. The lowest BCUT2D eigenvalue weighted by Gasteiger charge is -2.27. The van der Waals surface area contributed by atoms with Gasteiger partial charge in [0.1, 0.15) is 0 Å². The molecule has 0 aromatic heterocycles. The summed E-state index contributed by atoms with van der Waals surface area (Å²) in [5, 5.41) is 73.9. The fourth-order valence-corrected chi connectivity index (χ4v) is 6.82. The lowest BCUT2D eigenvalue weighted by Crippen LogP contribution is -2.32. The number of allylic oxidation sites excluding steroid dienone is 4. The van der Waals surface area contributed by atoms with Gasteiger partial charge in [0.15, 0.2) is 0 Å². The van der Waals surface area contributed by atoms with E-state index in [0.717, 1.165) is 57.8 Å². The predicted octanol–water partition coefficient (Wildman–Crippen LogP) is 9.27. The predicted molar refractivity (Wildman–Crippen MR) is 224 cm³/mol. The van der Waals surface area contributed by atoms with Crippen molar-refractivity contribution in [3.8, 4) is 0 Å². The number of carboxylic acids is 2. The molecule has 0 saturated carbocycles. The van der Waals surface area contributed by atoms with Gasteiger partial charge in [-0.3, -0.25) is 9.59 Å². The monoisotopic (exact) mass is 787 g/mol. The second-order valence-corrected chi connectivity index (χ2v) is 15.6. The summed E-state index contributed by atoms with van der Waals surface area (Å²) in [4.78, 5) is 22.0. The zero-order chi connectivity index (χ0) is 41.2. The topological polar surface area (TPSA) is 196 Å². The van der Waals surface area contributed by atoms with Crippen LogP contribution in [0.25, 0.3) is 0 Å². The number of rotatable bonds is 40. The number of hydrogen-bond donors (Lipinski definition) is 8. The number of aliphatic carboxylic acids is 2. The molecule has 0 bridgehead atoms. The first-order valence-corrected chi connectivity index (χ1v) is 22.2. The summed E-state index contributed by atoms with van der Waals surface area (Å²) in [7, 11) is 0. The maximum absolute atomic E-state index is 11.7. The first-order chi connectivity index (χ1) is 26.6. The minimum Gasteiger partial charge on any atom is -0.481 e. The van der Waals surface area contributed by atoms with E-state index in [9.17, 15) is 30.0 Å². The Morgan fingerprint density at radius 1 is 0.455 bits per heavy atom. The van der Waals surface area contributed by atoms with Crippen LogP contribution in [0.4, 0.5) is 0 Å².